The summed E-state index contributed by atoms with van der Waals surface area (Å²) in [5.41, 5.74) is 2.94. The number of hydrogen-bond acceptors (Lipinski definition) is 5. The second-order valence-electron chi connectivity index (χ2n) is 8.84. The van der Waals surface area contributed by atoms with Gasteiger partial charge in [0.15, 0.2) is 0 Å². The molecule has 4 rings (SSSR count). The Hall–Kier alpha value is -3.36. The van der Waals surface area contributed by atoms with Crippen LogP contribution in [0.15, 0.2) is 66.0 Å². The normalized spacial score (nSPS) is 14.7. The topological polar surface area (TPSA) is 71.1 Å². The number of aryl methyl sites for hydroxylation is 1. The van der Waals surface area contributed by atoms with E-state index in [0.29, 0.717) is 38.4 Å². The van der Waals surface area contributed by atoms with Crippen LogP contribution in [0.2, 0.25) is 0 Å². The van der Waals surface area contributed by atoms with Gasteiger partial charge >= 0.3 is 6.03 Å². The Morgan fingerprint density at radius 2 is 1.89 bits per heavy atom. The lowest BCUT2D eigenvalue weighted by Crippen LogP contribution is -2.49. The quantitative estimate of drug-likeness (QED) is 0.386. The SMILES string of the molecule is COCCCN(CC(=O)N1CCc2sccc2[C@H]1COc1ccccc1)C(=O)Nc1ccc(C)cc1. The number of anilines is 1. The summed E-state index contributed by atoms with van der Waals surface area (Å²) in [6, 6.07) is 18.8. The minimum absolute atomic E-state index is 0.0112. The molecule has 0 spiro atoms. The number of carbonyl (C=O) groups is 2. The van der Waals surface area contributed by atoms with Crippen molar-refractivity contribution in [2.75, 3.05) is 45.3 Å². The number of thiophene rings is 1. The molecule has 0 bridgehead atoms. The number of nitrogens with one attached hydrogen (secondary N) is 1. The third kappa shape index (κ3) is 6.65. The summed E-state index contributed by atoms with van der Waals surface area (Å²) in [7, 11) is 1.63. The minimum atomic E-state index is -0.298. The molecule has 8 heteroatoms. The summed E-state index contributed by atoms with van der Waals surface area (Å²) in [5, 5.41) is 5.00. The molecule has 0 saturated carbocycles. The number of fused-ring (bicyclic) bond motifs is 1. The molecule has 3 aromatic rings. The van der Waals surface area contributed by atoms with E-state index in [1.807, 2.05) is 66.4 Å². The van der Waals surface area contributed by atoms with Crippen molar-refractivity contribution in [1.82, 2.24) is 9.80 Å². The first-order valence-electron chi connectivity index (χ1n) is 12.2. The molecule has 36 heavy (non-hydrogen) atoms. The molecule has 7 nitrogen and oxygen atoms in total. The number of para-hydroxylation sites is 1. The molecule has 0 radical (unpaired) electrons. The summed E-state index contributed by atoms with van der Waals surface area (Å²) in [6.07, 6.45) is 1.44. The third-order valence-corrected chi connectivity index (χ3v) is 7.26. The monoisotopic (exact) mass is 507 g/mol. The van der Waals surface area contributed by atoms with Gasteiger partial charge in [-0.3, -0.25) is 4.79 Å². The third-order valence-electron chi connectivity index (χ3n) is 6.26. The number of urea groups is 1. The van der Waals surface area contributed by atoms with Crippen molar-refractivity contribution in [1.29, 1.82) is 0 Å². The van der Waals surface area contributed by atoms with Gasteiger partial charge in [-0.15, -0.1) is 11.3 Å². The van der Waals surface area contributed by atoms with Crippen LogP contribution >= 0.6 is 11.3 Å². The molecular weight excluding hydrogens is 474 g/mol. The van der Waals surface area contributed by atoms with E-state index in [2.05, 4.69) is 16.8 Å². The largest absolute Gasteiger partial charge is 0.491 e. The Bertz CT molecular complexity index is 1130. The molecule has 3 amide bonds. The molecule has 0 fully saturated rings. The van der Waals surface area contributed by atoms with Gasteiger partial charge in [0.05, 0.1) is 6.04 Å². The van der Waals surface area contributed by atoms with Gasteiger partial charge in [0, 0.05) is 37.4 Å². The zero-order valence-corrected chi connectivity index (χ0v) is 21.6. The average molecular weight is 508 g/mol. The molecule has 1 atom stereocenters. The standard InChI is InChI=1S/C28H33N3O4S/c1-21-9-11-22(12-10-21)29-28(33)30(15-6-17-34-2)19-27(32)31-16-13-26-24(14-18-36-26)25(31)20-35-23-7-4-3-5-8-23/h3-5,7-12,14,18,25H,6,13,15-17,19-20H2,1-2H3,(H,29,33)/t25-/m1/s1. The smallest absolute Gasteiger partial charge is 0.322 e. The second-order valence-corrected chi connectivity index (χ2v) is 9.84. The van der Waals surface area contributed by atoms with E-state index in [9.17, 15) is 9.59 Å². The van der Waals surface area contributed by atoms with Crippen molar-refractivity contribution in [3.05, 3.63) is 82.0 Å². The van der Waals surface area contributed by atoms with Crippen LogP contribution in [0.5, 0.6) is 5.75 Å². The van der Waals surface area contributed by atoms with Gasteiger partial charge < -0.3 is 24.6 Å². The van der Waals surface area contributed by atoms with Crippen molar-refractivity contribution in [3.8, 4) is 5.75 Å². The lowest BCUT2D eigenvalue weighted by Gasteiger charge is -2.37. The van der Waals surface area contributed by atoms with E-state index >= 15 is 0 Å². The van der Waals surface area contributed by atoms with Crippen LogP contribution in [0, 0.1) is 6.92 Å². The molecule has 1 aliphatic rings. The Kier molecular flexibility index (Phi) is 8.97. The molecule has 0 unspecified atom stereocenters. The zero-order valence-electron chi connectivity index (χ0n) is 20.8. The number of hydrogen-bond donors (Lipinski definition) is 1. The van der Waals surface area contributed by atoms with Crippen molar-refractivity contribution >= 4 is 29.0 Å². The molecule has 2 heterocycles. The van der Waals surface area contributed by atoms with Gasteiger partial charge in [-0.05, 0) is 61.0 Å². The number of benzene rings is 2. The van der Waals surface area contributed by atoms with E-state index in [1.165, 1.54) is 4.88 Å². The molecule has 1 N–H and O–H groups in total. The molecule has 1 aromatic heterocycles. The van der Waals surface area contributed by atoms with Gasteiger partial charge in [0.2, 0.25) is 5.91 Å². The summed E-state index contributed by atoms with van der Waals surface area (Å²) < 4.78 is 11.3. The van der Waals surface area contributed by atoms with Crippen molar-refractivity contribution < 1.29 is 19.1 Å². The van der Waals surface area contributed by atoms with E-state index in [1.54, 1.807) is 23.3 Å². The van der Waals surface area contributed by atoms with Gasteiger partial charge in [0.25, 0.3) is 0 Å². The number of rotatable bonds is 10. The van der Waals surface area contributed by atoms with Crippen LogP contribution < -0.4 is 10.1 Å². The maximum absolute atomic E-state index is 13.6. The fourth-order valence-corrected chi connectivity index (χ4v) is 5.24. The maximum atomic E-state index is 13.6. The van der Waals surface area contributed by atoms with Crippen LogP contribution in [-0.2, 0) is 16.0 Å². The number of nitrogens with zero attached hydrogens (tertiary/aromatic N) is 2. The van der Waals surface area contributed by atoms with Crippen LogP contribution in [0.4, 0.5) is 10.5 Å². The second kappa shape index (κ2) is 12.6. The predicted molar refractivity (Wildman–Crippen MR) is 143 cm³/mol. The van der Waals surface area contributed by atoms with E-state index in [-0.39, 0.29) is 24.5 Å². The Balaban J connectivity index is 1.47. The molecular formula is C28H33N3O4S. The van der Waals surface area contributed by atoms with E-state index in [0.717, 1.165) is 23.3 Å². The molecule has 190 valence electrons. The zero-order chi connectivity index (χ0) is 25.3. The highest BCUT2D eigenvalue weighted by Crippen LogP contribution is 2.34. The number of amides is 3. The Morgan fingerprint density at radius 1 is 1.11 bits per heavy atom. The first kappa shape index (κ1) is 25.7. The summed E-state index contributed by atoms with van der Waals surface area (Å²) >= 11 is 1.72. The van der Waals surface area contributed by atoms with Gasteiger partial charge in [0.1, 0.15) is 18.9 Å². The lowest BCUT2D eigenvalue weighted by molar-refractivity contribution is -0.135. The van der Waals surface area contributed by atoms with E-state index in [4.69, 9.17) is 9.47 Å². The maximum Gasteiger partial charge on any atom is 0.322 e. The Morgan fingerprint density at radius 3 is 2.64 bits per heavy atom. The summed E-state index contributed by atoms with van der Waals surface area (Å²) in [6.45, 7) is 3.87. The first-order chi connectivity index (χ1) is 17.5. The van der Waals surface area contributed by atoms with Crippen LogP contribution in [0.3, 0.4) is 0 Å². The minimum Gasteiger partial charge on any atom is -0.491 e. The van der Waals surface area contributed by atoms with Crippen LogP contribution in [-0.4, -0.2) is 61.7 Å². The summed E-state index contributed by atoms with van der Waals surface area (Å²) in [5.74, 6) is 0.677. The number of ether oxygens (including phenoxy) is 2. The fraction of sp³-hybridized carbons (Fsp3) is 0.357. The summed E-state index contributed by atoms with van der Waals surface area (Å²) in [4.78, 5) is 31.5. The molecule has 2 aromatic carbocycles. The molecule has 0 saturated heterocycles. The first-order valence-corrected chi connectivity index (χ1v) is 13.1. The highest BCUT2D eigenvalue weighted by atomic mass is 32.1. The van der Waals surface area contributed by atoms with Crippen LogP contribution in [0.25, 0.3) is 0 Å². The highest BCUT2D eigenvalue weighted by molar-refractivity contribution is 7.10. The van der Waals surface area contributed by atoms with Crippen molar-refractivity contribution in [2.45, 2.75) is 25.8 Å². The number of methoxy groups -OCH3 is 1. The molecule has 0 aliphatic carbocycles. The highest BCUT2D eigenvalue weighted by Gasteiger charge is 2.33. The van der Waals surface area contributed by atoms with Crippen molar-refractivity contribution in [2.24, 2.45) is 0 Å². The van der Waals surface area contributed by atoms with Gasteiger partial charge in [-0.1, -0.05) is 35.9 Å². The molecule has 1 aliphatic heterocycles. The van der Waals surface area contributed by atoms with Gasteiger partial charge in [-0.25, -0.2) is 4.79 Å². The van der Waals surface area contributed by atoms with Gasteiger partial charge in [-0.2, -0.15) is 0 Å². The Labute approximate surface area is 216 Å². The van der Waals surface area contributed by atoms with Crippen molar-refractivity contribution in [3.63, 3.8) is 0 Å². The van der Waals surface area contributed by atoms with Crippen LogP contribution in [0.1, 0.15) is 28.5 Å². The fourth-order valence-electron chi connectivity index (χ4n) is 4.31. The predicted octanol–water partition coefficient (Wildman–Crippen LogP) is 5.13. The lowest BCUT2D eigenvalue weighted by atomic mass is 10.0. The van der Waals surface area contributed by atoms with E-state index < -0.39 is 0 Å². The number of carbonyl (C=O) groups excluding carboxylic acids is 2. The average Bonchev–Trinajstić information content (AvgIpc) is 3.38.